The number of hydrogen-bond donors (Lipinski definition) is 2. The molecule has 2 rings (SSSR count). The number of ether oxygens (including phenoxy) is 1. The summed E-state index contributed by atoms with van der Waals surface area (Å²) in [5, 5.41) is 4.44. The topological polar surface area (TPSA) is 84.5 Å². The summed E-state index contributed by atoms with van der Waals surface area (Å²) >= 11 is 6.03. The predicted molar refractivity (Wildman–Crippen MR) is 98.0 cm³/mol. The van der Waals surface area contributed by atoms with Gasteiger partial charge in [-0.3, -0.25) is 4.79 Å². The molecule has 0 spiro atoms. The number of benzene rings is 1. The molecule has 0 saturated heterocycles. The summed E-state index contributed by atoms with van der Waals surface area (Å²) in [5.41, 5.74) is 0. The van der Waals surface area contributed by atoms with E-state index in [1.54, 1.807) is 7.05 Å². The molecule has 1 unspecified atom stereocenters. The summed E-state index contributed by atoms with van der Waals surface area (Å²) in [6, 6.07) is 3.35. The number of nitrogens with one attached hydrogen (secondary N) is 2. The van der Waals surface area contributed by atoms with Crippen LogP contribution in [0.4, 0.5) is 13.2 Å². The first kappa shape index (κ1) is 22.8. The number of rotatable bonds is 7. The molecule has 158 valence electrons. The smallest absolute Gasteiger partial charge is 0.425 e. The molecule has 1 saturated carbocycles. The molecular formula is C17H22ClF3N2O4S. The lowest BCUT2D eigenvalue weighted by Gasteiger charge is -2.19. The highest BCUT2D eigenvalue weighted by atomic mass is 35.5. The lowest BCUT2D eigenvalue weighted by molar-refractivity contribution is -0.189. The average Bonchev–Trinajstić information content (AvgIpc) is 3.09. The van der Waals surface area contributed by atoms with E-state index < -0.39 is 33.3 Å². The van der Waals surface area contributed by atoms with Crippen molar-refractivity contribution in [2.75, 3.05) is 13.7 Å². The normalized spacial score (nSPS) is 21.4. The van der Waals surface area contributed by atoms with Crippen LogP contribution < -0.4 is 15.4 Å². The molecule has 0 heterocycles. The Kier molecular flexibility index (Phi) is 7.22. The van der Waals surface area contributed by atoms with Crippen molar-refractivity contribution in [2.45, 2.75) is 48.6 Å². The Bertz CT molecular complexity index is 817. The number of carbonyl (C=O) groups is 1. The second-order valence-electron chi connectivity index (χ2n) is 6.64. The minimum absolute atomic E-state index is 0.164. The third-order valence-electron chi connectivity index (χ3n) is 4.62. The number of carbonyl (C=O) groups excluding carboxylic acids is 1. The zero-order chi connectivity index (χ0) is 21.1. The number of sulfone groups is 1. The number of amides is 1. The van der Waals surface area contributed by atoms with Crippen molar-refractivity contribution in [3.05, 3.63) is 23.2 Å². The second-order valence-corrected chi connectivity index (χ2v) is 9.25. The fraction of sp³-hybridized carbons (Fsp3) is 0.588. The van der Waals surface area contributed by atoms with Crippen LogP contribution in [0.5, 0.6) is 5.75 Å². The maximum absolute atomic E-state index is 12.9. The molecule has 0 radical (unpaired) electrons. The third kappa shape index (κ3) is 5.30. The van der Waals surface area contributed by atoms with Gasteiger partial charge in [-0.05, 0) is 45.4 Å². The molecule has 0 aromatic heterocycles. The van der Waals surface area contributed by atoms with Gasteiger partial charge in [0.2, 0.25) is 5.91 Å². The minimum Gasteiger partial charge on any atom is -0.481 e. The van der Waals surface area contributed by atoms with Gasteiger partial charge in [-0.1, -0.05) is 11.6 Å². The highest BCUT2D eigenvalue weighted by Crippen LogP contribution is 2.37. The van der Waals surface area contributed by atoms with Crippen molar-refractivity contribution < 1.29 is 31.1 Å². The van der Waals surface area contributed by atoms with Crippen LogP contribution in [0.2, 0.25) is 5.02 Å². The Hall–Kier alpha value is -1.52. The lowest BCUT2D eigenvalue weighted by Crippen LogP contribution is -2.36. The molecule has 6 nitrogen and oxygen atoms in total. The molecule has 0 aliphatic heterocycles. The van der Waals surface area contributed by atoms with Gasteiger partial charge in [0.05, 0.1) is 21.8 Å². The lowest BCUT2D eigenvalue weighted by atomic mass is 10.1. The monoisotopic (exact) mass is 442 g/mol. The summed E-state index contributed by atoms with van der Waals surface area (Å²) < 4.78 is 68.3. The summed E-state index contributed by atoms with van der Waals surface area (Å²) in [6.07, 6.45) is -5.71. The van der Waals surface area contributed by atoms with E-state index in [0.29, 0.717) is 12.8 Å². The van der Waals surface area contributed by atoms with Crippen LogP contribution in [-0.2, 0) is 14.6 Å². The Morgan fingerprint density at radius 3 is 2.61 bits per heavy atom. The Morgan fingerprint density at radius 2 is 2.04 bits per heavy atom. The number of halogens is 4. The zero-order valence-electron chi connectivity index (χ0n) is 15.3. The average molecular weight is 443 g/mol. The van der Waals surface area contributed by atoms with Gasteiger partial charge in [0.25, 0.3) is 0 Å². The molecule has 1 aliphatic rings. The number of hydrogen-bond acceptors (Lipinski definition) is 5. The van der Waals surface area contributed by atoms with Gasteiger partial charge in [-0.2, -0.15) is 13.2 Å². The van der Waals surface area contributed by atoms with Gasteiger partial charge in [-0.25, -0.2) is 8.42 Å². The molecule has 11 heteroatoms. The minimum atomic E-state index is -4.55. The summed E-state index contributed by atoms with van der Waals surface area (Å²) in [6.45, 7) is 1.13. The molecule has 1 aromatic rings. The van der Waals surface area contributed by atoms with E-state index in [-0.39, 0.29) is 34.7 Å². The first-order valence-corrected chi connectivity index (χ1v) is 10.6. The molecule has 2 N–H and O–H groups in total. The maximum atomic E-state index is 12.9. The van der Waals surface area contributed by atoms with Crippen LogP contribution in [0, 0.1) is 5.92 Å². The van der Waals surface area contributed by atoms with Gasteiger partial charge in [-0.15, -0.1) is 0 Å². The molecule has 3 atom stereocenters. The fourth-order valence-electron chi connectivity index (χ4n) is 3.02. The summed E-state index contributed by atoms with van der Waals surface area (Å²) in [7, 11) is -2.16. The second kappa shape index (κ2) is 8.87. The van der Waals surface area contributed by atoms with Crippen LogP contribution in [0.15, 0.2) is 23.1 Å². The molecule has 1 amide bonds. The van der Waals surface area contributed by atoms with Crippen molar-refractivity contribution in [2.24, 2.45) is 5.92 Å². The van der Waals surface area contributed by atoms with Crippen molar-refractivity contribution >= 4 is 27.3 Å². The van der Waals surface area contributed by atoms with Crippen molar-refractivity contribution in [3.63, 3.8) is 0 Å². The molecule has 28 heavy (non-hydrogen) atoms. The van der Waals surface area contributed by atoms with Crippen LogP contribution >= 0.6 is 11.6 Å². The Balaban J connectivity index is 2.13. The molecule has 1 fully saturated rings. The fourth-order valence-corrected chi connectivity index (χ4v) is 5.39. The van der Waals surface area contributed by atoms with E-state index in [9.17, 15) is 26.4 Å². The molecule has 1 aliphatic carbocycles. The largest absolute Gasteiger partial charge is 0.481 e. The van der Waals surface area contributed by atoms with E-state index in [1.807, 2.05) is 0 Å². The first-order chi connectivity index (χ1) is 13.0. The van der Waals surface area contributed by atoms with E-state index in [1.165, 1.54) is 0 Å². The standard InChI is InChI=1S/C17H22ClF3N2O4S/c1-10(17(19,20)21)27-12-4-6-15(14(18)8-12)28(25,26)13-5-3-11(7-13)16(24)23-9-22-2/h4,6,8,10-11,13,22H,3,5,7,9H2,1-2H3,(H,23,24)/t10-,11-,13?/m1/s1. The molecule has 0 bridgehead atoms. The van der Waals surface area contributed by atoms with E-state index in [4.69, 9.17) is 16.3 Å². The maximum Gasteiger partial charge on any atom is 0.425 e. The quantitative estimate of drug-likeness (QED) is 0.634. The first-order valence-electron chi connectivity index (χ1n) is 8.66. The van der Waals surface area contributed by atoms with Crippen LogP contribution in [0.1, 0.15) is 26.2 Å². The van der Waals surface area contributed by atoms with Crippen LogP contribution in [-0.4, -0.2) is 45.6 Å². The van der Waals surface area contributed by atoms with Crippen LogP contribution in [0.25, 0.3) is 0 Å². The van der Waals surface area contributed by atoms with Crippen molar-refractivity contribution in [1.82, 2.24) is 10.6 Å². The van der Waals surface area contributed by atoms with Gasteiger partial charge < -0.3 is 15.4 Å². The number of alkyl halides is 3. The third-order valence-corrected chi connectivity index (χ3v) is 7.32. The Morgan fingerprint density at radius 1 is 1.36 bits per heavy atom. The van der Waals surface area contributed by atoms with Gasteiger partial charge in [0.15, 0.2) is 15.9 Å². The summed E-state index contributed by atoms with van der Waals surface area (Å²) in [4.78, 5) is 11.8. The van der Waals surface area contributed by atoms with Crippen molar-refractivity contribution in [3.8, 4) is 5.75 Å². The van der Waals surface area contributed by atoms with E-state index >= 15 is 0 Å². The Labute approximate surface area is 166 Å². The van der Waals surface area contributed by atoms with Gasteiger partial charge >= 0.3 is 6.18 Å². The van der Waals surface area contributed by atoms with E-state index in [2.05, 4.69) is 10.6 Å². The van der Waals surface area contributed by atoms with E-state index in [0.717, 1.165) is 25.1 Å². The molecular weight excluding hydrogens is 421 g/mol. The highest BCUT2D eigenvalue weighted by molar-refractivity contribution is 7.92. The van der Waals surface area contributed by atoms with Gasteiger partial charge in [0, 0.05) is 12.0 Å². The highest BCUT2D eigenvalue weighted by Gasteiger charge is 2.40. The summed E-state index contributed by atoms with van der Waals surface area (Å²) in [5.74, 6) is -0.810. The van der Waals surface area contributed by atoms with Gasteiger partial charge in [0.1, 0.15) is 5.75 Å². The van der Waals surface area contributed by atoms with Crippen LogP contribution in [0.3, 0.4) is 0 Å². The molecule has 1 aromatic carbocycles. The predicted octanol–water partition coefficient (Wildman–Crippen LogP) is 2.91. The zero-order valence-corrected chi connectivity index (χ0v) is 16.9. The SMILES string of the molecule is CNCNC(=O)[C@@H]1CCC(S(=O)(=O)c2ccc(O[C@H](C)C(F)(F)F)cc2Cl)C1. The van der Waals surface area contributed by atoms with Crippen molar-refractivity contribution in [1.29, 1.82) is 0 Å².